The van der Waals surface area contributed by atoms with E-state index in [2.05, 4.69) is 69.1 Å². The molecule has 0 aliphatic rings. The van der Waals surface area contributed by atoms with Gasteiger partial charge in [0.1, 0.15) is 0 Å². The van der Waals surface area contributed by atoms with E-state index in [1.54, 1.807) is 0 Å². The number of hydrogen-bond donors (Lipinski definition) is 1. The van der Waals surface area contributed by atoms with Gasteiger partial charge in [-0.15, -0.1) is 0 Å². The Labute approximate surface area is 122 Å². The maximum atomic E-state index is 5.64. The number of hydrogen-bond acceptors (Lipinski definition) is 2. The van der Waals surface area contributed by atoms with Gasteiger partial charge in [0.25, 0.3) is 0 Å². The normalized spacial score (nSPS) is 10.7. The molecule has 2 aromatic carbocycles. The summed E-state index contributed by atoms with van der Waals surface area (Å²) in [7, 11) is 2.13. The van der Waals surface area contributed by atoms with Gasteiger partial charge in [0.15, 0.2) is 0 Å². The third-order valence-corrected chi connectivity index (χ3v) is 3.97. The second kappa shape index (κ2) is 6.10. The zero-order valence-electron chi connectivity index (χ0n) is 12.9. The Morgan fingerprint density at radius 3 is 2.10 bits per heavy atom. The summed E-state index contributed by atoms with van der Waals surface area (Å²) in [5.74, 6) is 0. The van der Waals surface area contributed by atoms with E-state index in [4.69, 9.17) is 5.73 Å². The third-order valence-electron chi connectivity index (χ3n) is 3.97. The molecule has 0 spiro atoms. The van der Waals surface area contributed by atoms with Crippen LogP contribution in [0.1, 0.15) is 27.8 Å². The Bertz CT molecular complexity index is 585. The minimum absolute atomic E-state index is 0.597. The summed E-state index contributed by atoms with van der Waals surface area (Å²) in [6, 6.07) is 13.0. The van der Waals surface area contributed by atoms with Crippen LogP contribution < -0.4 is 10.6 Å². The standard InChI is InChI=1S/C18H24N2/c1-13-9-15(3)17(10-14(13)2)12-20(4)18-7-5-16(11-19)6-8-18/h5-10H,11-12,19H2,1-4H3. The molecule has 0 radical (unpaired) electrons. The van der Waals surface area contributed by atoms with Gasteiger partial charge in [0, 0.05) is 25.8 Å². The minimum atomic E-state index is 0.597. The average molecular weight is 268 g/mol. The third kappa shape index (κ3) is 3.20. The topological polar surface area (TPSA) is 29.3 Å². The van der Waals surface area contributed by atoms with E-state index >= 15 is 0 Å². The number of nitrogens with zero attached hydrogens (tertiary/aromatic N) is 1. The molecular formula is C18H24N2. The zero-order chi connectivity index (χ0) is 14.7. The highest BCUT2D eigenvalue weighted by Crippen LogP contribution is 2.20. The van der Waals surface area contributed by atoms with Crippen LogP contribution in [0, 0.1) is 20.8 Å². The minimum Gasteiger partial charge on any atom is -0.370 e. The maximum Gasteiger partial charge on any atom is 0.0428 e. The lowest BCUT2D eigenvalue weighted by Gasteiger charge is -2.21. The van der Waals surface area contributed by atoms with Crippen molar-refractivity contribution in [2.24, 2.45) is 5.73 Å². The van der Waals surface area contributed by atoms with E-state index in [1.807, 2.05) is 0 Å². The largest absolute Gasteiger partial charge is 0.370 e. The Kier molecular flexibility index (Phi) is 4.46. The Hall–Kier alpha value is -1.80. The molecule has 2 nitrogen and oxygen atoms in total. The Balaban J connectivity index is 2.18. The molecule has 2 N–H and O–H groups in total. The highest BCUT2D eigenvalue weighted by Gasteiger charge is 2.06. The van der Waals surface area contributed by atoms with Gasteiger partial charge in [0.2, 0.25) is 0 Å². The summed E-state index contributed by atoms with van der Waals surface area (Å²) in [4.78, 5) is 2.28. The van der Waals surface area contributed by atoms with Gasteiger partial charge in [0.05, 0.1) is 0 Å². The average Bonchev–Trinajstić information content (AvgIpc) is 2.44. The Morgan fingerprint density at radius 2 is 1.50 bits per heavy atom. The molecule has 0 amide bonds. The van der Waals surface area contributed by atoms with Crippen LogP contribution in [0.3, 0.4) is 0 Å². The van der Waals surface area contributed by atoms with Crippen LogP contribution in [0.25, 0.3) is 0 Å². The summed E-state index contributed by atoms with van der Waals surface area (Å²) >= 11 is 0. The van der Waals surface area contributed by atoms with Gasteiger partial charge in [-0.3, -0.25) is 0 Å². The molecule has 0 atom stereocenters. The Morgan fingerprint density at radius 1 is 0.900 bits per heavy atom. The van der Waals surface area contributed by atoms with E-state index < -0.39 is 0 Å². The number of benzene rings is 2. The van der Waals surface area contributed by atoms with Gasteiger partial charge in [-0.1, -0.05) is 24.3 Å². The van der Waals surface area contributed by atoms with Crippen LogP contribution in [0.15, 0.2) is 36.4 Å². The molecular weight excluding hydrogens is 244 g/mol. The summed E-state index contributed by atoms with van der Waals surface area (Å²) in [5, 5.41) is 0. The molecule has 2 heteroatoms. The molecule has 0 aliphatic heterocycles. The fourth-order valence-corrected chi connectivity index (χ4v) is 2.42. The summed E-state index contributed by atoms with van der Waals surface area (Å²) < 4.78 is 0. The predicted octanol–water partition coefficient (Wildman–Crippen LogP) is 3.71. The quantitative estimate of drug-likeness (QED) is 0.916. The molecule has 0 fully saturated rings. The predicted molar refractivity (Wildman–Crippen MR) is 87.1 cm³/mol. The van der Waals surface area contributed by atoms with Crippen LogP contribution in [0.4, 0.5) is 5.69 Å². The first-order valence-corrected chi connectivity index (χ1v) is 7.08. The van der Waals surface area contributed by atoms with Crippen LogP contribution in [0.5, 0.6) is 0 Å². The van der Waals surface area contributed by atoms with Gasteiger partial charge < -0.3 is 10.6 Å². The van der Waals surface area contributed by atoms with E-state index in [9.17, 15) is 0 Å². The smallest absolute Gasteiger partial charge is 0.0428 e. The molecule has 0 unspecified atom stereocenters. The number of rotatable bonds is 4. The monoisotopic (exact) mass is 268 g/mol. The summed E-state index contributed by atoms with van der Waals surface area (Å²) in [5.41, 5.74) is 13.5. The molecule has 0 aromatic heterocycles. The lowest BCUT2D eigenvalue weighted by atomic mass is 10.0. The van der Waals surface area contributed by atoms with Crippen molar-refractivity contribution in [1.82, 2.24) is 0 Å². The number of nitrogens with two attached hydrogens (primary N) is 1. The highest BCUT2D eigenvalue weighted by atomic mass is 15.1. The van der Waals surface area contributed by atoms with Crippen molar-refractivity contribution < 1.29 is 0 Å². The molecule has 0 heterocycles. The maximum absolute atomic E-state index is 5.64. The lowest BCUT2D eigenvalue weighted by Crippen LogP contribution is -2.17. The van der Waals surface area contributed by atoms with Gasteiger partial charge in [-0.25, -0.2) is 0 Å². The van der Waals surface area contributed by atoms with Gasteiger partial charge in [-0.2, -0.15) is 0 Å². The van der Waals surface area contributed by atoms with Crippen molar-refractivity contribution in [2.75, 3.05) is 11.9 Å². The van der Waals surface area contributed by atoms with E-state index in [0.29, 0.717) is 6.54 Å². The summed E-state index contributed by atoms with van der Waals surface area (Å²) in [6.07, 6.45) is 0. The van der Waals surface area contributed by atoms with Crippen molar-refractivity contribution in [2.45, 2.75) is 33.9 Å². The summed E-state index contributed by atoms with van der Waals surface area (Å²) in [6.45, 7) is 8.05. The number of aryl methyl sites for hydroxylation is 3. The van der Waals surface area contributed by atoms with Crippen molar-refractivity contribution >= 4 is 5.69 Å². The van der Waals surface area contributed by atoms with Crippen LogP contribution in [-0.2, 0) is 13.1 Å². The second-order valence-electron chi connectivity index (χ2n) is 5.59. The van der Waals surface area contributed by atoms with E-state index in [0.717, 1.165) is 6.54 Å². The fraction of sp³-hybridized carbons (Fsp3) is 0.333. The molecule has 0 aliphatic carbocycles. The van der Waals surface area contributed by atoms with Gasteiger partial charge in [-0.05, 0) is 60.7 Å². The molecule has 0 saturated carbocycles. The van der Waals surface area contributed by atoms with Crippen molar-refractivity contribution in [1.29, 1.82) is 0 Å². The van der Waals surface area contributed by atoms with Crippen LogP contribution in [-0.4, -0.2) is 7.05 Å². The second-order valence-corrected chi connectivity index (χ2v) is 5.59. The zero-order valence-corrected chi connectivity index (χ0v) is 12.9. The van der Waals surface area contributed by atoms with Crippen LogP contribution in [0.2, 0.25) is 0 Å². The van der Waals surface area contributed by atoms with E-state index in [-0.39, 0.29) is 0 Å². The van der Waals surface area contributed by atoms with Crippen molar-refractivity contribution in [3.05, 3.63) is 64.2 Å². The molecule has 106 valence electrons. The first-order valence-electron chi connectivity index (χ1n) is 7.08. The molecule has 0 saturated heterocycles. The number of anilines is 1. The van der Waals surface area contributed by atoms with Crippen LogP contribution >= 0.6 is 0 Å². The van der Waals surface area contributed by atoms with E-state index in [1.165, 1.54) is 33.5 Å². The van der Waals surface area contributed by atoms with Crippen molar-refractivity contribution in [3.63, 3.8) is 0 Å². The molecule has 0 bridgehead atoms. The van der Waals surface area contributed by atoms with Gasteiger partial charge >= 0.3 is 0 Å². The fourth-order valence-electron chi connectivity index (χ4n) is 2.42. The first-order chi connectivity index (χ1) is 9.51. The molecule has 2 rings (SSSR count). The first kappa shape index (κ1) is 14.6. The SMILES string of the molecule is Cc1cc(C)c(CN(C)c2ccc(CN)cc2)cc1C. The lowest BCUT2D eigenvalue weighted by molar-refractivity contribution is 0.909. The molecule has 20 heavy (non-hydrogen) atoms. The van der Waals surface area contributed by atoms with Crippen molar-refractivity contribution in [3.8, 4) is 0 Å². The highest BCUT2D eigenvalue weighted by molar-refractivity contribution is 5.48. The molecule has 2 aromatic rings.